The van der Waals surface area contributed by atoms with Gasteiger partial charge in [0.05, 0.1) is 0 Å². The summed E-state index contributed by atoms with van der Waals surface area (Å²) >= 11 is 0. The van der Waals surface area contributed by atoms with E-state index in [1.165, 1.54) is 135 Å². The Morgan fingerprint density at radius 2 is 0.709 bits per heavy atom. The second kappa shape index (κ2) is 44.6. The van der Waals surface area contributed by atoms with E-state index in [1.54, 1.807) is 0 Å². The second-order valence-corrected chi connectivity index (χ2v) is 16.0. The lowest BCUT2D eigenvalue weighted by molar-refractivity contribution is -0.167. The molecule has 6 nitrogen and oxygen atoms in total. The molecule has 322 valence electrons. The Balaban J connectivity index is 4.32. The van der Waals surface area contributed by atoms with Gasteiger partial charge in [0.2, 0.25) is 0 Å². The molecular formula is C49H90O6. The Labute approximate surface area is 341 Å². The first-order chi connectivity index (χ1) is 27.0. The molecule has 0 radical (unpaired) electrons. The third-order valence-corrected chi connectivity index (χ3v) is 10.5. The van der Waals surface area contributed by atoms with Gasteiger partial charge in [0.15, 0.2) is 6.10 Å². The van der Waals surface area contributed by atoms with Crippen molar-refractivity contribution in [2.24, 2.45) is 0 Å². The summed E-state index contributed by atoms with van der Waals surface area (Å²) in [6, 6.07) is 0. The predicted molar refractivity (Wildman–Crippen MR) is 233 cm³/mol. The van der Waals surface area contributed by atoms with E-state index in [1.807, 2.05) is 0 Å². The summed E-state index contributed by atoms with van der Waals surface area (Å²) in [5, 5.41) is 0. The molecule has 0 saturated carbocycles. The molecule has 0 amide bonds. The van der Waals surface area contributed by atoms with Gasteiger partial charge in [-0.3, -0.25) is 14.4 Å². The lowest BCUT2D eigenvalue weighted by Crippen LogP contribution is -2.30. The molecule has 0 fully saturated rings. The van der Waals surface area contributed by atoms with Crippen LogP contribution in [0.2, 0.25) is 0 Å². The van der Waals surface area contributed by atoms with Crippen LogP contribution < -0.4 is 0 Å². The normalized spacial score (nSPS) is 12.1. The van der Waals surface area contributed by atoms with Crippen LogP contribution >= 0.6 is 0 Å². The third-order valence-electron chi connectivity index (χ3n) is 10.5. The Morgan fingerprint density at radius 3 is 1.09 bits per heavy atom. The van der Waals surface area contributed by atoms with Crippen molar-refractivity contribution in [3.8, 4) is 0 Å². The fraction of sp³-hybridized carbons (Fsp3) is 0.857. The van der Waals surface area contributed by atoms with Gasteiger partial charge in [-0.25, -0.2) is 0 Å². The summed E-state index contributed by atoms with van der Waals surface area (Å²) in [5.74, 6) is -0.872. The average molecular weight is 775 g/mol. The fourth-order valence-corrected chi connectivity index (χ4v) is 6.89. The predicted octanol–water partition coefficient (Wildman–Crippen LogP) is 15.2. The molecule has 0 saturated heterocycles. The van der Waals surface area contributed by atoms with Crippen molar-refractivity contribution in [2.45, 2.75) is 258 Å². The van der Waals surface area contributed by atoms with Crippen LogP contribution in [0.25, 0.3) is 0 Å². The minimum Gasteiger partial charge on any atom is -0.462 e. The second-order valence-electron chi connectivity index (χ2n) is 16.0. The number of carbonyl (C=O) groups is 3. The topological polar surface area (TPSA) is 78.9 Å². The van der Waals surface area contributed by atoms with Gasteiger partial charge in [-0.1, -0.05) is 212 Å². The van der Waals surface area contributed by atoms with E-state index < -0.39 is 6.10 Å². The number of unbranched alkanes of at least 4 members (excludes halogenated alkanes) is 28. The molecule has 0 heterocycles. The van der Waals surface area contributed by atoms with Crippen LogP contribution in [0.5, 0.6) is 0 Å². The number of rotatable bonds is 43. The summed E-state index contributed by atoms with van der Waals surface area (Å²) in [5.41, 5.74) is 0. The van der Waals surface area contributed by atoms with E-state index in [9.17, 15) is 14.4 Å². The van der Waals surface area contributed by atoms with Crippen molar-refractivity contribution in [3.63, 3.8) is 0 Å². The van der Waals surface area contributed by atoms with Gasteiger partial charge < -0.3 is 14.2 Å². The molecule has 1 unspecified atom stereocenters. The summed E-state index contributed by atoms with van der Waals surface area (Å²) in [6.07, 6.45) is 48.7. The van der Waals surface area contributed by atoms with E-state index in [0.717, 1.165) is 77.0 Å². The van der Waals surface area contributed by atoms with Crippen LogP contribution in [0.15, 0.2) is 24.3 Å². The first-order valence-electron chi connectivity index (χ1n) is 23.8. The minimum absolute atomic E-state index is 0.0697. The Kier molecular flexibility index (Phi) is 42.9. The summed E-state index contributed by atoms with van der Waals surface area (Å²) in [4.78, 5) is 37.7. The lowest BCUT2D eigenvalue weighted by atomic mass is 10.0. The van der Waals surface area contributed by atoms with Crippen molar-refractivity contribution in [1.29, 1.82) is 0 Å². The largest absolute Gasteiger partial charge is 0.462 e. The SMILES string of the molecule is CC/C=C\C/C=C\CCCCCCCCCC(=O)OCC(COC(=O)CCCCCCCCCCC)OC(=O)CCCCCCCCCCCCCCCC. The van der Waals surface area contributed by atoms with E-state index >= 15 is 0 Å². The highest BCUT2D eigenvalue weighted by molar-refractivity contribution is 5.71. The Bertz CT molecular complexity index is 896. The number of esters is 3. The van der Waals surface area contributed by atoms with Crippen molar-refractivity contribution in [2.75, 3.05) is 13.2 Å². The number of hydrogen-bond acceptors (Lipinski definition) is 6. The minimum atomic E-state index is -0.766. The molecule has 0 rings (SSSR count). The van der Waals surface area contributed by atoms with Crippen LogP contribution in [0.4, 0.5) is 0 Å². The van der Waals surface area contributed by atoms with Gasteiger partial charge >= 0.3 is 17.9 Å². The van der Waals surface area contributed by atoms with E-state index in [0.29, 0.717) is 19.3 Å². The van der Waals surface area contributed by atoms with E-state index in [-0.39, 0.29) is 31.1 Å². The quantitative estimate of drug-likeness (QED) is 0.0266. The van der Waals surface area contributed by atoms with Gasteiger partial charge in [0.1, 0.15) is 13.2 Å². The van der Waals surface area contributed by atoms with Gasteiger partial charge in [0.25, 0.3) is 0 Å². The van der Waals surface area contributed by atoms with Crippen LogP contribution in [0.1, 0.15) is 252 Å². The molecule has 55 heavy (non-hydrogen) atoms. The van der Waals surface area contributed by atoms with E-state index in [4.69, 9.17) is 14.2 Å². The van der Waals surface area contributed by atoms with Gasteiger partial charge in [-0.05, 0) is 44.9 Å². The van der Waals surface area contributed by atoms with Crippen molar-refractivity contribution in [3.05, 3.63) is 24.3 Å². The molecule has 0 aromatic rings. The van der Waals surface area contributed by atoms with Gasteiger partial charge in [-0.2, -0.15) is 0 Å². The molecule has 0 N–H and O–H groups in total. The maximum absolute atomic E-state index is 12.7. The standard InChI is InChI=1S/C49H90O6/c1-4-7-10-13-16-19-21-23-25-27-30-33-36-39-42-48(51)54-45-46(44-53-47(50)41-38-35-32-29-18-15-12-9-6-3)55-49(52)43-40-37-34-31-28-26-24-22-20-17-14-11-8-5-2/h7,10,16,19,46H,4-6,8-9,11-15,17-18,20-45H2,1-3H3/b10-7-,19-16-. The maximum Gasteiger partial charge on any atom is 0.306 e. The maximum atomic E-state index is 12.7. The molecule has 0 aliphatic rings. The zero-order valence-corrected chi connectivity index (χ0v) is 36.7. The molecule has 0 aliphatic carbocycles. The monoisotopic (exact) mass is 775 g/mol. The van der Waals surface area contributed by atoms with Gasteiger partial charge in [0, 0.05) is 19.3 Å². The van der Waals surface area contributed by atoms with Crippen LogP contribution in [0, 0.1) is 0 Å². The zero-order chi connectivity index (χ0) is 40.1. The van der Waals surface area contributed by atoms with Crippen molar-refractivity contribution in [1.82, 2.24) is 0 Å². The molecule has 0 spiro atoms. The Hall–Kier alpha value is -2.11. The average Bonchev–Trinajstić information content (AvgIpc) is 3.18. The first kappa shape index (κ1) is 52.9. The fourth-order valence-electron chi connectivity index (χ4n) is 6.89. The molecule has 1 atom stereocenters. The smallest absolute Gasteiger partial charge is 0.306 e. The molecule has 0 bridgehead atoms. The lowest BCUT2D eigenvalue weighted by Gasteiger charge is -2.18. The molecule has 0 aromatic heterocycles. The first-order valence-corrected chi connectivity index (χ1v) is 23.8. The third kappa shape index (κ3) is 42.9. The highest BCUT2D eigenvalue weighted by Crippen LogP contribution is 2.15. The zero-order valence-electron chi connectivity index (χ0n) is 36.7. The summed E-state index contributed by atoms with van der Waals surface area (Å²) in [7, 11) is 0. The number of hydrogen-bond donors (Lipinski definition) is 0. The summed E-state index contributed by atoms with van der Waals surface area (Å²) < 4.78 is 16.7. The van der Waals surface area contributed by atoms with Crippen molar-refractivity contribution < 1.29 is 28.6 Å². The Morgan fingerprint density at radius 1 is 0.382 bits per heavy atom. The van der Waals surface area contributed by atoms with Crippen molar-refractivity contribution >= 4 is 17.9 Å². The summed E-state index contributed by atoms with van der Waals surface area (Å²) in [6.45, 7) is 6.52. The number of carbonyl (C=O) groups excluding carboxylic acids is 3. The molecule has 0 aromatic carbocycles. The number of allylic oxidation sites excluding steroid dienone is 4. The number of ether oxygens (including phenoxy) is 3. The van der Waals surface area contributed by atoms with Crippen LogP contribution in [0.3, 0.4) is 0 Å². The molecule has 0 aliphatic heterocycles. The van der Waals surface area contributed by atoms with E-state index in [2.05, 4.69) is 45.1 Å². The highest BCUT2D eigenvalue weighted by atomic mass is 16.6. The highest BCUT2D eigenvalue weighted by Gasteiger charge is 2.19. The molecular weight excluding hydrogens is 685 g/mol. The van der Waals surface area contributed by atoms with Gasteiger partial charge in [-0.15, -0.1) is 0 Å². The van der Waals surface area contributed by atoms with Crippen LogP contribution in [-0.4, -0.2) is 37.2 Å². The molecule has 6 heteroatoms. The van der Waals surface area contributed by atoms with Crippen LogP contribution in [-0.2, 0) is 28.6 Å².